The molecule has 0 bridgehead atoms. The minimum absolute atomic E-state index is 0.0359. The van der Waals surface area contributed by atoms with Crippen LogP contribution in [0.3, 0.4) is 0 Å². The Morgan fingerprint density at radius 1 is 1.14 bits per heavy atom. The molecule has 0 saturated carbocycles. The van der Waals surface area contributed by atoms with E-state index in [1.165, 1.54) is 12.1 Å². The van der Waals surface area contributed by atoms with Gasteiger partial charge in [0.2, 0.25) is 0 Å². The lowest BCUT2D eigenvalue weighted by Crippen LogP contribution is -2.26. The van der Waals surface area contributed by atoms with Gasteiger partial charge in [0.15, 0.2) is 0 Å². The molecule has 1 N–H and O–H groups in total. The second-order valence-electron chi connectivity index (χ2n) is 5.10. The first kappa shape index (κ1) is 13.8. The third-order valence-electron chi connectivity index (χ3n) is 3.43. The molecule has 2 aromatic rings. The van der Waals surface area contributed by atoms with Gasteiger partial charge in [-0.3, -0.25) is 0 Å². The van der Waals surface area contributed by atoms with Gasteiger partial charge < -0.3 is 10.2 Å². The molecule has 0 amide bonds. The highest BCUT2D eigenvalue weighted by molar-refractivity contribution is 6.01. The second kappa shape index (κ2) is 6.50. The van der Waals surface area contributed by atoms with Crippen molar-refractivity contribution in [2.24, 2.45) is 5.16 Å². The number of rotatable bonds is 5. The highest BCUT2D eigenvalue weighted by atomic mass is 19.1. The van der Waals surface area contributed by atoms with E-state index in [-0.39, 0.29) is 11.9 Å². The molecule has 108 valence electrons. The molecular formula is C17H17FN2O. The van der Waals surface area contributed by atoms with Crippen molar-refractivity contribution in [1.82, 2.24) is 5.32 Å². The van der Waals surface area contributed by atoms with E-state index in [0.717, 1.165) is 23.3 Å². The summed E-state index contributed by atoms with van der Waals surface area (Å²) in [4.78, 5) is 5.43. The molecule has 4 heteroatoms. The summed E-state index contributed by atoms with van der Waals surface area (Å²) >= 11 is 0. The van der Waals surface area contributed by atoms with E-state index in [4.69, 9.17) is 4.84 Å². The maximum Gasteiger partial charge on any atom is 0.145 e. The lowest BCUT2D eigenvalue weighted by molar-refractivity contribution is 0.0848. The van der Waals surface area contributed by atoms with Crippen LogP contribution in [0.2, 0.25) is 0 Å². The van der Waals surface area contributed by atoms with Crippen molar-refractivity contribution in [2.75, 3.05) is 6.54 Å². The van der Waals surface area contributed by atoms with Crippen molar-refractivity contribution >= 4 is 5.71 Å². The van der Waals surface area contributed by atoms with Crippen LogP contribution in [0.4, 0.5) is 4.39 Å². The van der Waals surface area contributed by atoms with E-state index in [0.29, 0.717) is 13.1 Å². The van der Waals surface area contributed by atoms with Crippen LogP contribution >= 0.6 is 0 Å². The summed E-state index contributed by atoms with van der Waals surface area (Å²) in [5.74, 6) is -0.207. The highest BCUT2D eigenvalue weighted by Crippen LogP contribution is 2.16. The lowest BCUT2D eigenvalue weighted by atomic mass is 10.1. The summed E-state index contributed by atoms with van der Waals surface area (Å²) in [5, 5.41) is 7.42. The van der Waals surface area contributed by atoms with Crippen LogP contribution in [0.15, 0.2) is 59.8 Å². The molecule has 0 fully saturated rings. The molecule has 0 spiro atoms. The van der Waals surface area contributed by atoms with E-state index < -0.39 is 0 Å². The van der Waals surface area contributed by atoms with Gasteiger partial charge in [-0.1, -0.05) is 47.6 Å². The minimum Gasteiger partial charge on any atom is -0.390 e. The first-order valence-corrected chi connectivity index (χ1v) is 7.04. The first-order valence-electron chi connectivity index (χ1n) is 7.04. The molecule has 1 heterocycles. The predicted molar refractivity (Wildman–Crippen MR) is 80.6 cm³/mol. The van der Waals surface area contributed by atoms with Crippen molar-refractivity contribution in [3.05, 3.63) is 71.5 Å². The number of nitrogens with one attached hydrogen (secondary N) is 1. The van der Waals surface area contributed by atoms with Crippen LogP contribution in [-0.4, -0.2) is 18.4 Å². The lowest BCUT2D eigenvalue weighted by Gasteiger charge is -2.09. The number of oxime groups is 1. The molecule has 0 unspecified atom stereocenters. The van der Waals surface area contributed by atoms with Crippen LogP contribution in [0, 0.1) is 5.82 Å². The molecule has 21 heavy (non-hydrogen) atoms. The van der Waals surface area contributed by atoms with Crippen molar-refractivity contribution < 1.29 is 9.23 Å². The average Bonchev–Trinajstić information content (AvgIpc) is 2.97. The Kier molecular flexibility index (Phi) is 4.26. The molecule has 0 radical (unpaired) electrons. The van der Waals surface area contributed by atoms with Gasteiger partial charge in [0.05, 0.1) is 5.71 Å². The Morgan fingerprint density at radius 3 is 2.81 bits per heavy atom. The van der Waals surface area contributed by atoms with Crippen LogP contribution in [0.1, 0.15) is 17.5 Å². The summed E-state index contributed by atoms with van der Waals surface area (Å²) in [5.41, 5.74) is 3.01. The Hall–Kier alpha value is -2.20. The molecule has 2 aromatic carbocycles. The molecule has 1 aliphatic heterocycles. The van der Waals surface area contributed by atoms with Crippen LogP contribution in [0.25, 0.3) is 0 Å². The second-order valence-corrected chi connectivity index (χ2v) is 5.10. The van der Waals surface area contributed by atoms with E-state index in [1.807, 2.05) is 36.4 Å². The zero-order chi connectivity index (χ0) is 14.5. The van der Waals surface area contributed by atoms with E-state index >= 15 is 0 Å². The zero-order valence-electron chi connectivity index (χ0n) is 11.6. The van der Waals surface area contributed by atoms with E-state index in [9.17, 15) is 4.39 Å². The molecule has 1 aliphatic rings. The van der Waals surface area contributed by atoms with Gasteiger partial charge in [-0.05, 0) is 23.3 Å². The zero-order valence-corrected chi connectivity index (χ0v) is 11.6. The molecular weight excluding hydrogens is 267 g/mol. The maximum absolute atomic E-state index is 13.1. The van der Waals surface area contributed by atoms with Gasteiger partial charge in [-0.15, -0.1) is 0 Å². The third kappa shape index (κ3) is 3.67. The van der Waals surface area contributed by atoms with Gasteiger partial charge in [0.1, 0.15) is 11.9 Å². The molecule has 0 aliphatic carbocycles. The molecule has 3 rings (SSSR count). The van der Waals surface area contributed by atoms with E-state index in [1.54, 1.807) is 6.07 Å². The van der Waals surface area contributed by atoms with Gasteiger partial charge in [-0.25, -0.2) is 4.39 Å². The first-order chi connectivity index (χ1) is 10.3. The summed E-state index contributed by atoms with van der Waals surface area (Å²) in [7, 11) is 0. The quantitative estimate of drug-likeness (QED) is 0.915. The monoisotopic (exact) mass is 284 g/mol. The molecule has 1 atom stereocenters. The van der Waals surface area contributed by atoms with Gasteiger partial charge >= 0.3 is 0 Å². The SMILES string of the molecule is Fc1cccc(CNC[C@H]2CC(c3ccccc3)=NO2)c1. The highest BCUT2D eigenvalue weighted by Gasteiger charge is 2.21. The fourth-order valence-electron chi connectivity index (χ4n) is 2.36. The number of hydrogen-bond donors (Lipinski definition) is 1. The topological polar surface area (TPSA) is 33.6 Å². The Morgan fingerprint density at radius 2 is 2.00 bits per heavy atom. The number of hydrogen-bond acceptors (Lipinski definition) is 3. The van der Waals surface area contributed by atoms with Crippen molar-refractivity contribution in [1.29, 1.82) is 0 Å². The van der Waals surface area contributed by atoms with Crippen LogP contribution in [-0.2, 0) is 11.4 Å². The summed E-state index contributed by atoms with van der Waals surface area (Å²) < 4.78 is 13.1. The Balaban J connectivity index is 1.46. The largest absolute Gasteiger partial charge is 0.390 e. The Bertz CT molecular complexity index is 628. The normalized spacial score (nSPS) is 17.4. The maximum atomic E-state index is 13.1. The molecule has 0 saturated heterocycles. The minimum atomic E-state index is -0.207. The fraction of sp³-hybridized carbons (Fsp3) is 0.235. The predicted octanol–water partition coefficient (Wildman–Crippen LogP) is 3.11. The smallest absolute Gasteiger partial charge is 0.145 e. The summed E-state index contributed by atoms with van der Waals surface area (Å²) in [6, 6.07) is 16.6. The van der Waals surface area contributed by atoms with Gasteiger partial charge in [0.25, 0.3) is 0 Å². The number of nitrogens with zero attached hydrogens (tertiary/aromatic N) is 1. The van der Waals surface area contributed by atoms with E-state index in [2.05, 4.69) is 10.5 Å². The molecule has 0 aromatic heterocycles. The molecule has 3 nitrogen and oxygen atoms in total. The van der Waals surface area contributed by atoms with Crippen LogP contribution < -0.4 is 5.32 Å². The van der Waals surface area contributed by atoms with Gasteiger partial charge in [-0.2, -0.15) is 0 Å². The summed E-state index contributed by atoms with van der Waals surface area (Å²) in [6.07, 6.45) is 0.828. The number of benzene rings is 2. The summed E-state index contributed by atoms with van der Waals surface area (Å²) in [6.45, 7) is 1.31. The van der Waals surface area contributed by atoms with Gasteiger partial charge in [0, 0.05) is 19.5 Å². The third-order valence-corrected chi connectivity index (χ3v) is 3.43. The van der Waals surface area contributed by atoms with Crippen LogP contribution in [0.5, 0.6) is 0 Å². The fourth-order valence-corrected chi connectivity index (χ4v) is 2.36. The Labute approximate surface area is 123 Å². The van der Waals surface area contributed by atoms with Crippen molar-refractivity contribution in [3.8, 4) is 0 Å². The average molecular weight is 284 g/mol. The van der Waals surface area contributed by atoms with Crippen molar-refractivity contribution in [3.63, 3.8) is 0 Å². The standard InChI is InChI=1S/C17H17FN2O/c18-15-8-4-5-13(9-15)11-19-12-16-10-17(20-21-16)14-6-2-1-3-7-14/h1-9,16,19H,10-12H2/t16-/m1/s1. The van der Waals surface area contributed by atoms with Crippen molar-refractivity contribution in [2.45, 2.75) is 19.1 Å². The number of halogens is 1.